The number of amides is 1. The fourth-order valence-corrected chi connectivity index (χ4v) is 5.59. The number of aryl methyl sites for hydroxylation is 3. The normalized spacial score (nSPS) is 27.4. The van der Waals surface area contributed by atoms with Gasteiger partial charge in [-0.05, 0) is 31.9 Å². The van der Waals surface area contributed by atoms with Crippen LogP contribution in [0.5, 0.6) is 0 Å². The molecule has 2 aliphatic rings. The summed E-state index contributed by atoms with van der Waals surface area (Å²) in [5.41, 5.74) is 4.35. The summed E-state index contributed by atoms with van der Waals surface area (Å²) in [7, 11) is -3.08. The van der Waals surface area contributed by atoms with E-state index in [0.717, 1.165) is 16.8 Å². The number of nitrogens with zero attached hydrogens (tertiary/aromatic N) is 1. The lowest BCUT2D eigenvalue weighted by molar-refractivity contribution is -0.121. The summed E-state index contributed by atoms with van der Waals surface area (Å²) in [6.07, 6.45) is 0. The van der Waals surface area contributed by atoms with Gasteiger partial charge in [0.1, 0.15) is 0 Å². The molecule has 114 valence electrons. The number of piperazine rings is 1. The Bertz CT molecular complexity index is 689. The molecule has 0 bridgehead atoms. The molecule has 2 fully saturated rings. The van der Waals surface area contributed by atoms with Crippen molar-refractivity contribution < 1.29 is 13.2 Å². The average Bonchev–Trinajstić information content (AvgIpc) is 2.61. The lowest BCUT2D eigenvalue weighted by atomic mass is 9.99. The fourth-order valence-electron chi connectivity index (χ4n) is 3.67. The van der Waals surface area contributed by atoms with Crippen LogP contribution >= 0.6 is 0 Å². The molecule has 2 heterocycles. The van der Waals surface area contributed by atoms with E-state index in [0.29, 0.717) is 0 Å². The number of hydrogen-bond donors (Lipinski definition) is 1. The number of nitrogens with one attached hydrogen (secondary N) is 1. The standard InChI is InChI=1S/C15H20N2O3S/c1-9-4-10(2)15(11(3)5-9)17-6-14(18)16-12-7-21(19,20)8-13(12)17/h4-5,12-13H,6-8H2,1-3H3,(H,16,18)/t12-,13-/m0/s1. The summed E-state index contributed by atoms with van der Waals surface area (Å²) in [6.45, 7) is 6.29. The maximum atomic E-state index is 11.9. The molecule has 2 aliphatic heterocycles. The molecule has 5 nitrogen and oxygen atoms in total. The molecule has 1 N–H and O–H groups in total. The van der Waals surface area contributed by atoms with Crippen LogP contribution in [0.15, 0.2) is 12.1 Å². The van der Waals surface area contributed by atoms with Crippen molar-refractivity contribution >= 4 is 21.4 Å². The van der Waals surface area contributed by atoms with Gasteiger partial charge in [0.05, 0.1) is 30.1 Å². The van der Waals surface area contributed by atoms with Crippen LogP contribution in [-0.4, -0.2) is 44.5 Å². The summed E-state index contributed by atoms with van der Waals surface area (Å²) >= 11 is 0. The molecule has 2 atom stereocenters. The Balaban J connectivity index is 2.07. The van der Waals surface area contributed by atoms with Crippen LogP contribution in [0.2, 0.25) is 0 Å². The number of carbonyl (C=O) groups is 1. The molecular weight excluding hydrogens is 288 g/mol. The Kier molecular flexibility index (Phi) is 3.24. The largest absolute Gasteiger partial charge is 0.356 e. The minimum absolute atomic E-state index is 0.0455. The van der Waals surface area contributed by atoms with Crippen LogP contribution < -0.4 is 10.2 Å². The first kappa shape index (κ1) is 14.4. The van der Waals surface area contributed by atoms with Gasteiger partial charge in [-0.25, -0.2) is 8.42 Å². The molecule has 0 aromatic heterocycles. The Morgan fingerprint density at radius 3 is 2.38 bits per heavy atom. The van der Waals surface area contributed by atoms with E-state index in [1.807, 2.05) is 25.7 Å². The molecule has 0 unspecified atom stereocenters. The van der Waals surface area contributed by atoms with Gasteiger partial charge in [0.2, 0.25) is 5.91 Å². The maximum absolute atomic E-state index is 11.9. The second-order valence-electron chi connectivity index (χ2n) is 6.19. The Labute approximate surface area is 125 Å². The smallest absolute Gasteiger partial charge is 0.239 e. The number of benzene rings is 1. The molecule has 0 saturated carbocycles. The topological polar surface area (TPSA) is 66.5 Å². The third-order valence-corrected chi connectivity index (χ3v) is 6.02. The van der Waals surface area contributed by atoms with Crippen molar-refractivity contribution in [3.8, 4) is 0 Å². The molecule has 6 heteroatoms. The van der Waals surface area contributed by atoms with Gasteiger partial charge in [-0.3, -0.25) is 4.79 Å². The zero-order valence-corrected chi connectivity index (χ0v) is 13.3. The fraction of sp³-hybridized carbons (Fsp3) is 0.533. The van der Waals surface area contributed by atoms with Gasteiger partial charge in [0.15, 0.2) is 9.84 Å². The summed E-state index contributed by atoms with van der Waals surface area (Å²) in [4.78, 5) is 13.9. The number of carbonyl (C=O) groups excluding carboxylic acids is 1. The second-order valence-corrected chi connectivity index (χ2v) is 8.35. The molecule has 0 radical (unpaired) electrons. The van der Waals surface area contributed by atoms with E-state index >= 15 is 0 Å². The Hall–Kier alpha value is -1.56. The van der Waals surface area contributed by atoms with Crippen molar-refractivity contribution in [2.45, 2.75) is 32.9 Å². The van der Waals surface area contributed by atoms with E-state index in [4.69, 9.17) is 0 Å². The lowest BCUT2D eigenvalue weighted by Gasteiger charge is -2.40. The van der Waals surface area contributed by atoms with Gasteiger partial charge in [0, 0.05) is 5.69 Å². The molecular formula is C15H20N2O3S. The number of anilines is 1. The molecule has 0 aliphatic carbocycles. The van der Waals surface area contributed by atoms with Crippen LogP contribution in [0, 0.1) is 20.8 Å². The van der Waals surface area contributed by atoms with Crippen molar-refractivity contribution in [3.05, 3.63) is 28.8 Å². The van der Waals surface area contributed by atoms with E-state index in [2.05, 4.69) is 17.4 Å². The molecule has 3 rings (SSSR count). The molecule has 0 spiro atoms. The van der Waals surface area contributed by atoms with Crippen LogP contribution in [0.3, 0.4) is 0 Å². The highest BCUT2D eigenvalue weighted by Gasteiger charge is 2.45. The quantitative estimate of drug-likeness (QED) is 0.830. The van der Waals surface area contributed by atoms with E-state index in [9.17, 15) is 13.2 Å². The van der Waals surface area contributed by atoms with E-state index < -0.39 is 9.84 Å². The molecule has 1 aromatic rings. The maximum Gasteiger partial charge on any atom is 0.239 e. The Morgan fingerprint density at radius 1 is 1.14 bits per heavy atom. The predicted octanol–water partition coefficient (Wildman–Crippen LogP) is 0.714. The van der Waals surface area contributed by atoms with Gasteiger partial charge < -0.3 is 10.2 Å². The van der Waals surface area contributed by atoms with Gasteiger partial charge >= 0.3 is 0 Å². The SMILES string of the molecule is Cc1cc(C)c(N2CC(=O)N[C@H]3CS(=O)(=O)C[C@@H]32)c(C)c1. The van der Waals surface area contributed by atoms with Crippen molar-refractivity contribution in [1.82, 2.24) is 5.32 Å². The van der Waals surface area contributed by atoms with Gasteiger partial charge in [-0.1, -0.05) is 17.7 Å². The molecule has 1 aromatic carbocycles. The monoisotopic (exact) mass is 308 g/mol. The van der Waals surface area contributed by atoms with E-state index in [1.54, 1.807) is 0 Å². The van der Waals surface area contributed by atoms with Gasteiger partial charge in [0.25, 0.3) is 0 Å². The third-order valence-electron chi connectivity index (χ3n) is 4.31. The predicted molar refractivity (Wildman–Crippen MR) is 82.4 cm³/mol. The van der Waals surface area contributed by atoms with E-state index in [-0.39, 0.29) is 36.0 Å². The first-order valence-corrected chi connectivity index (χ1v) is 8.93. The van der Waals surface area contributed by atoms with Crippen molar-refractivity contribution in [1.29, 1.82) is 0 Å². The number of rotatable bonds is 1. The molecule has 21 heavy (non-hydrogen) atoms. The van der Waals surface area contributed by atoms with Crippen LogP contribution in [0.1, 0.15) is 16.7 Å². The van der Waals surface area contributed by atoms with Crippen molar-refractivity contribution in [3.63, 3.8) is 0 Å². The lowest BCUT2D eigenvalue weighted by Crippen LogP contribution is -2.60. The molecule has 2 saturated heterocycles. The Morgan fingerprint density at radius 2 is 1.76 bits per heavy atom. The summed E-state index contributed by atoms with van der Waals surface area (Å²) < 4.78 is 23.9. The van der Waals surface area contributed by atoms with E-state index in [1.165, 1.54) is 5.56 Å². The minimum Gasteiger partial charge on any atom is -0.356 e. The van der Waals surface area contributed by atoms with Gasteiger partial charge in [-0.2, -0.15) is 0 Å². The summed E-state index contributed by atoms with van der Waals surface area (Å²) in [5.74, 6) is 0.0573. The minimum atomic E-state index is -3.08. The zero-order valence-electron chi connectivity index (χ0n) is 12.5. The molecule has 1 amide bonds. The van der Waals surface area contributed by atoms with Crippen LogP contribution in [-0.2, 0) is 14.6 Å². The van der Waals surface area contributed by atoms with Crippen LogP contribution in [0.4, 0.5) is 5.69 Å². The highest BCUT2D eigenvalue weighted by molar-refractivity contribution is 7.91. The average molecular weight is 308 g/mol. The first-order valence-electron chi connectivity index (χ1n) is 7.11. The number of fused-ring (bicyclic) bond motifs is 1. The van der Waals surface area contributed by atoms with Crippen LogP contribution in [0.25, 0.3) is 0 Å². The highest BCUT2D eigenvalue weighted by atomic mass is 32.2. The van der Waals surface area contributed by atoms with Crippen molar-refractivity contribution in [2.75, 3.05) is 23.0 Å². The number of sulfone groups is 1. The third kappa shape index (κ3) is 2.52. The van der Waals surface area contributed by atoms with Gasteiger partial charge in [-0.15, -0.1) is 0 Å². The van der Waals surface area contributed by atoms with Crippen molar-refractivity contribution in [2.24, 2.45) is 0 Å². The summed E-state index contributed by atoms with van der Waals surface area (Å²) in [5, 5.41) is 2.82. The first-order chi connectivity index (χ1) is 9.77. The zero-order chi connectivity index (χ0) is 15.4. The second kappa shape index (κ2) is 4.73. The number of hydrogen-bond acceptors (Lipinski definition) is 4. The summed E-state index contributed by atoms with van der Waals surface area (Å²) in [6, 6.07) is 3.70. The highest BCUT2D eigenvalue weighted by Crippen LogP contribution is 2.32.